The van der Waals surface area contributed by atoms with Crippen molar-refractivity contribution in [1.29, 1.82) is 0 Å². The molecule has 27 heavy (non-hydrogen) atoms. The highest BCUT2D eigenvalue weighted by Gasteiger charge is 2.34. The van der Waals surface area contributed by atoms with Crippen LogP contribution in [0.5, 0.6) is 0 Å². The molecular formula is C19H21F3N4O. The van der Waals surface area contributed by atoms with E-state index in [-0.39, 0.29) is 17.6 Å². The lowest BCUT2D eigenvalue weighted by Gasteiger charge is -2.29. The molecule has 2 aliphatic rings. The summed E-state index contributed by atoms with van der Waals surface area (Å²) in [5.74, 6) is -0.225. The highest BCUT2D eigenvalue weighted by molar-refractivity contribution is 5.95. The molecule has 3 heterocycles. The van der Waals surface area contributed by atoms with Crippen LogP contribution >= 0.6 is 0 Å². The summed E-state index contributed by atoms with van der Waals surface area (Å²) in [5.41, 5.74) is 0.439. The number of fused-ring (bicyclic) bond motifs is 2. The van der Waals surface area contributed by atoms with Crippen LogP contribution in [0.15, 0.2) is 30.5 Å². The van der Waals surface area contributed by atoms with E-state index in [1.54, 1.807) is 13.0 Å². The quantitative estimate of drug-likeness (QED) is 0.862. The highest BCUT2D eigenvalue weighted by Crippen LogP contribution is 2.31. The molecule has 8 heteroatoms. The predicted molar refractivity (Wildman–Crippen MR) is 93.7 cm³/mol. The topological polar surface area (TPSA) is 59.0 Å². The number of hydrogen-bond acceptors (Lipinski definition) is 3. The molecule has 0 radical (unpaired) electrons. The molecule has 2 saturated heterocycles. The van der Waals surface area contributed by atoms with Crippen LogP contribution in [0.2, 0.25) is 0 Å². The molecule has 1 aromatic heterocycles. The number of benzene rings is 1. The lowest BCUT2D eigenvalue weighted by molar-refractivity contribution is -0.137. The summed E-state index contributed by atoms with van der Waals surface area (Å²) in [6, 6.07) is 5.97. The molecule has 4 rings (SSSR count). The number of piperidine rings is 1. The van der Waals surface area contributed by atoms with Crippen molar-refractivity contribution in [2.24, 2.45) is 0 Å². The Hall–Kier alpha value is -2.35. The minimum atomic E-state index is -4.42. The Morgan fingerprint density at radius 3 is 2.63 bits per heavy atom. The average molecular weight is 378 g/mol. The van der Waals surface area contributed by atoms with Gasteiger partial charge in [-0.25, -0.2) is 4.68 Å². The normalized spacial score (nSPS) is 24.8. The van der Waals surface area contributed by atoms with Gasteiger partial charge in [-0.2, -0.15) is 18.3 Å². The van der Waals surface area contributed by atoms with E-state index < -0.39 is 11.7 Å². The Bertz CT molecular complexity index is 849. The summed E-state index contributed by atoms with van der Waals surface area (Å²) in [4.78, 5) is 12.7. The van der Waals surface area contributed by atoms with Crippen molar-refractivity contribution < 1.29 is 18.0 Å². The Labute approximate surface area is 154 Å². The maximum absolute atomic E-state index is 12.9. The second kappa shape index (κ2) is 6.67. The number of hydrogen-bond donors (Lipinski definition) is 2. The van der Waals surface area contributed by atoms with Crippen molar-refractivity contribution in [3.63, 3.8) is 0 Å². The number of halogens is 3. The van der Waals surface area contributed by atoms with Gasteiger partial charge in [0.25, 0.3) is 5.91 Å². The fraction of sp³-hybridized carbons (Fsp3) is 0.474. The zero-order chi connectivity index (χ0) is 19.2. The van der Waals surface area contributed by atoms with Gasteiger partial charge in [0.2, 0.25) is 0 Å². The number of nitrogens with zero attached hydrogens (tertiary/aromatic N) is 2. The highest BCUT2D eigenvalue weighted by atomic mass is 19.4. The summed E-state index contributed by atoms with van der Waals surface area (Å²) in [5, 5.41) is 10.7. The molecule has 2 aromatic rings. The Morgan fingerprint density at radius 2 is 1.96 bits per heavy atom. The molecule has 1 amide bonds. The fourth-order valence-electron chi connectivity index (χ4n) is 4.15. The number of carbonyl (C=O) groups is 1. The van der Waals surface area contributed by atoms with E-state index in [2.05, 4.69) is 15.7 Å². The van der Waals surface area contributed by atoms with Gasteiger partial charge in [0.05, 0.1) is 28.7 Å². The number of aromatic nitrogens is 2. The van der Waals surface area contributed by atoms with E-state index in [1.807, 2.05) is 0 Å². The molecule has 2 fully saturated rings. The van der Waals surface area contributed by atoms with Crippen LogP contribution in [-0.2, 0) is 6.18 Å². The van der Waals surface area contributed by atoms with Crippen molar-refractivity contribution in [2.45, 2.75) is 56.9 Å². The van der Waals surface area contributed by atoms with Gasteiger partial charge in [-0.05, 0) is 50.8 Å². The van der Waals surface area contributed by atoms with E-state index in [4.69, 9.17) is 0 Å². The van der Waals surface area contributed by atoms with Crippen LogP contribution in [0.4, 0.5) is 13.2 Å². The van der Waals surface area contributed by atoms with Gasteiger partial charge in [-0.1, -0.05) is 6.07 Å². The van der Waals surface area contributed by atoms with Crippen molar-refractivity contribution in [2.75, 3.05) is 0 Å². The largest absolute Gasteiger partial charge is 0.416 e. The first-order valence-electron chi connectivity index (χ1n) is 9.10. The van der Waals surface area contributed by atoms with Crippen LogP contribution in [0.25, 0.3) is 5.69 Å². The number of alkyl halides is 3. The van der Waals surface area contributed by atoms with Gasteiger partial charge in [0.1, 0.15) is 0 Å². The monoisotopic (exact) mass is 378 g/mol. The molecule has 2 aliphatic heterocycles. The maximum atomic E-state index is 12.9. The van der Waals surface area contributed by atoms with Gasteiger partial charge in [0.15, 0.2) is 0 Å². The molecule has 2 unspecified atom stereocenters. The first kappa shape index (κ1) is 18.0. The first-order chi connectivity index (χ1) is 12.8. The van der Waals surface area contributed by atoms with E-state index in [0.717, 1.165) is 37.8 Å². The number of amides is 1. The van der Waals surface area contributed by atoms with Crippen molar-refractivity contribution in [3.05, 3.63) is 47.3 Å². The zero-order valence-electron chi connectivity index (χ0n) is 14.9. The third-order valence-electron chi connectivity index (χ3n) is 5.48. The minimum Gasteiger partial charge on any atom is -0.349 e. The van der Waals surface area contributed by atoms with Crippen LogP contribution < -0.4 is 10.6 Å². The molecule has 2 atom stereocenters. The summed E-state index contributed by atoms with van der Waals surface area (Å²) >= 11 is 0. The molecule has 0 spiro atoms. The smallest absolute Gasteiger partial charge is 0.349 e. The van der Waals surface area contributed by atoms with Crippen molar-refractivity contribution >= 4 is 5.91 Å². The lowest BCUT2D eigenvalue weighted by Crippen LogP contribution is -2.48. The van der Waals surface area contributed by atoms with E-state index in [1.165, 1.54) is 16.9 Å². The van der Waals surface area contributed by atoms with Crippen LogP contribution in [0, 0.1) is 6.92 Å². The summed E-state index contributed by atoms with van der Waals surface area (Å²) in [6.07, 6.45) is 1.09. The molecule has 144 valence electrons. The van der Waals surface area contributed by atoms with Gasteiger partial charge in [-0.15, -0.1) is 0 Å². The molecule has 0 aliphatic carbocycles. The van der Waals surface area contributed by atoms with Crippen LogP contribution in [0.3, 0.4) is 0 Å². The van der Waals surface area contributed by atoms with Gasteiger partial charge in [0, 0.05) is 18.1 Å². The molecule has 2 N–H and O–H groups in total. The van der Waals surface area contributed by atoms with E-state index >= 15 is 0 Å². The first-order valence-corrected chi connectivity index (χ1v) is 9.10. The Morgan fingerprint density at radius 1 is 1.26 bits per heavy atom. The second-order valence-electron chi connectivity index (χ2n) is 7.38. The average Bonchev–Trinajstić information content (AvgIpc) is 3.16. The predicted octanol–water partition coefficient (Wildman–Crippen LogP) is 3.21. The van der Waals surface area contributed by atoms with Crippen molar-refractivity contribution in [1.82, 2.24) is 20.4 Å². The van der Waals surface area contributed by atoms with E-state index in [9.17, 15) is 18.0 Å². The number of carbonyl (C=O) groups excluding carboxylic acids is 1. The second-order valence-corrected chi connectivity index (χ2v) is 7.38. The summed E-state index contributed by atoms with van der Waals surface area (Å²) < 4.78 is 40.2. The van der Waals surface area contributed by atoms with Crippen LogP contribution in [0.1, 0.15) is 47.3 Å². The molecular weight excluding hydrogens is 357 g/mol. The Kier molecular flexibility index (Phi) is 4.46. The molecule has 0 saturated carbocycles. The third-order valence-corrected chi connectivity index (χ3v) is 5.48. The number of nitrogens with one attached hydrogen (secondary N) is 2. The van der Waals surface area contributed by atoms with Gasteiger partial charge >= 0.3 is 6.18 Å². The minimum absolute atomic E-state index is 0.118. The summed E-state index contributed by atoms with van der Waals surface area (Å²) in [6.45, 7) is 1.69. The Balaban J connectivity index is 1.53. The number of rotatable bonds is 3. The SMILES string of the molecule is Cc1c(C(=O)NC2CC3CCC(C2)N3)cnn1-c1cccc(C(F)(F)F)c1. The maximum Gasteiger partial charge on any atom is 0.416 e. The molecule has 2 bridgehead atoms. The summed E-state index contributed by atoms with van der Waals surface area (Å²) in [7, 11) is 0. The fourth-order valence-corrected chi connectivity index (χ4v) is 4.15. The molecule has 5 nitrogen and oxygen atoms in total. The van der Waals surface area contributed by atoms with Crippen molar-refractivity contribution in [3.8, 4) is 5.69 Å². The molecule has 1 aromatic carbocycles. The zero-order valence-corrected chi connectivity index (χ0v) is 14.9. The van der Waals surface area contributed by atoms with Crippen LogP contribution in [-0.4, -0.2) is 33.8 Å². The van der Waals surface area contributed by atoms with Gasteiger partial charge in [-0.3, -0.25) is 4.79 Å². The van der Waals surface area contributed by atoms with E-state index in [0.29, 0.717) is 23.3 Å². The van der Waals surface area contributed by atoms with Gasteiger partial charge < -0.3 is 10.6 Å². The lowest BCUT2D eigenvalue weighted by atomic mass is 9.99. The third kappa shape index (κ3) is 3.58. The standard InChI is InChI=1S/C19H21F3N4O/c1-11-17(18(27)25-15-8-13-5-6-14(9-15)24-13)10-23-26(11)16-4-2-3-12(7-16)19(20,21)22/h2-4,7,10,13-15,24H,5-6,8-9H2,1H3,(H,25,27).